The van der Waals surface area contributed by atoms with Crippen LogP contribution in [0.3, 0.4) is 0 Å². The molecule has 92 valence electrons. The van der Waals surface area contributed by atoms with Crippen LogP contribution in [0.5, 0.6) is 0 Å². The first kappa shape index (κ1) is 13.1. The van der Waals surface area contributed by atoms with Crippen molar-refractivity contribution in [2.75, 3.05) is 6.61 Å². The average molecular weight is 247 g/mol. The van der Waals surface area contributed by atoms with Crippen LogP contribution in [0.25, 0.3) is 0 Å². The van der Waals surface area contributed by atoms with Crippen LogP contribution < -0.4 is 4.72 Å². The van der Waals surface area contributed by atoms with Gasteiger partial charge in [-0.05, 0) is 20.8 Å². The van der Waals surface area contributed by atoms with Crippen molar-refractivity contribution in [3.8, 4) is 0 Å². The van der Waals surface area contributed by atoms with E-state index in [0.717, 1.165) is 0 Å². The third-order valence-electron chi connectivity index (χ3n) is 1.69. The highest BCUT2D eigenvalue weighted by molar-refractivity contribution is 7.89. The van der Waals surface area contributed by atoms with Crippen molar-refractivity contribution >= 4 is 10.0 Å². The molecule has 1 aromatic heterocycles. The van der Waals surface area contributed by atoms with Crippen LogP contribution in [0.1, 0.15) is 20.8 Å². The molecule has 0 saturated carbocycles. The molecule has 0 radical (unpaired) electrons. The second-order valence-corrected chi connectivity index (χ2v) is 6.20. The van der Waals surface area contributed by atoms with Crippen molar-refractivity contribution < 1.29 is 13.5 Å². The van der Waals surface area contributed by atoms with Crippen LogP contribution >= 0.6 is 0 Å². The molecule has 0 fully saturated rings. The molecule has 2 N–H and O–H groups in total. The summed E-state index contributed by atoms with van der Waals surface area (Å²) >= 11 is 0. The number of aliphatic hydroxyl groups excluding tert-OH is 1. The third kappa shape index (κ3) is 3.58. The van der Waals surface area contributed by atoms with Crippen molar-refractivity contribution in [3.63, 3.8) is 0 Å². The molecule has 0 aliphatic carbocycles. The van der Waals surface area contributed by atoms with Gasteiger partial charge in [0.05, 0.1) is 19.3 Å². The van der Waals surface area contributed by atoms with Crippen molar-refractivity contribution in [1.29, 1.82) is 0 Å². The predicted octanol–water partition coefficient (Wildman–Crippen LogP) is -0.0478. The standard InChI is InChI=1S/C9H17N3O3S/c1-9(2,3)11-16(14,15)8-6-10-12(7-8)4-5-13/h6-7,11,13H,4-5H2,1-3H3. The first-order valence-corrected chi connectivity index (χ1v) is 6.40. The van der Waals surface area contributed by atoms with Gasteiger partial charge in [0, 0.05) is 11.7 Å². The zero-order valence-corrected chi connectivity index (χ0v) is 10.5. The topological polar surface area (TPSA) is 84.2 Å². The molecule has 0 atom stereocenters. The number of rotatable bonds is 4. The Morgan fingerprint density at radius 3 is 2.62 bits per heavy atom. The fourth-order valence-electron chi connectivity index (χ4n) is 1.17. The second kappa shape index (κ2) is 4.52. The number of sulfonamides is 1. The fraction of sp³-hybridized carbons (Fsp3) is 0.667. The van der Waals surface area contributed by atoms with Gasteiger partial charge in [-0.1, -0.05) is 0 Å². The molecule has 7 heteroatoms. The summed E-state index contributed by atoms with van der Waals surface area (Å²) in [7, 11) is -3.53. The van der Waals surface area contributed by atoms with Gasteiger partial charge in [0.15, 0.2) is 0 Å². The number of hydrogen-bond donors (Lipinski definition) is 2. The van der Waals surface area contributed by atoms with E-state index < -0.39 is 15.6 Å². The Balaban J connectivity index is 2.90. The van der Waals surface area contributed by atoms with Gasteiger partial charge in [0.2, 0.25) is 10.0 Å². The SMILES string of the molecule is CC(C)(C)NS(=O)(=O)c1cnn(CCO)c1. The molecule has 0 aromatic carbocycles. The minimum absolute atomic E-state index is 0.0755. The first-order chi connectivity index (χ1) is 7.24. The lowest BCUT2D eigenvalue weighted by atomic mass is 10.1. The quantitative estimate of drug-likeness (QED) is 0.781. The van der Waals surface area contributed by atoms with Crippen molar-refractivity contribution in [2.24, 2.45) is 0 Å². The summed E-state index contributed by atoms with van der Waals surface area (Å²) in [5.41, 5.74) is -0.530. The molecule has 6 nitrogen and oxygen atoms in total. The normalized spacial score (nSPS) is 13.0. The number of hydrogen-bond acceptors (Lipinski definition) is 4. The molecule has 0 amide bonds. The third-order valence-corrected chi connectivity index (χ3v) is 3.40. The van der Waals surface area contributed by atoms with E-state index in [1.807, 2.05) is 0 Å². The Bertz CT molecular complexity index is 445. The van der Waals surface area contributed by atoms with Gasteiger partial charge >= 0.3 is 0 Å². The Labute approximate surface area is 95.3 Å². The Kier molecular flexibility index (Phi) is 3.72. The summed E-state index contributed by atoms with van der Waals surface area (Å²) in [5, 5.41) is 12.5. The molecular weight excluding hydrogens is 230 g/mol. The molecule has 16 heavy (non-hydrogen) atoms. The molecule has 0 spiro atoms. The maximum atomic E-state index is 11.8. The molecule has 1 rings (SSSR count). The number of nitrogens with one attached hydrogen (secondary N) is 1. The van der Waals surface area contributed by atoms with E-state index in [9.17, 15) is 8.42 Å². The number of aliphatic hydroxyl groups is 1. The Morgan fingerprint density at radius 1 is 1.50 bits per heavy atom. The van der Waals surface area contributed by atoms with Crippen molar-refractivity contribution in [1.82, 2.24) is 14.5 Å². The predicted molar refractivity (Wildman–Crippen MR) is 59.4 cm³/mol. The first-order valence-electron chi connectivity index (χ1n) is 4.92. The van der Waals surface area contributed by atoms with Crippen LogP contribution in [0.4, 0.5) is 0 Å². The number of nitrogens with zero attached hydrogens (tertiary/aromatic N) is 2. The van der Waals surface area contributed by atoms with Crippen molar-refractivity contribution in [2.45, 2.75) is 37.8 Å². The zero-order valence-electron chi connectivity index (χ0n) is 9.64. The highest BCUT2D eigenvalue weighted by Crippen LogP contribution is 2.11. The maximum Gasteiger partial charge on any atom is 0.244 e. The molecule has 0 bridgehead atoms. The lowest BCUT2D eigenvalue weighted by molar-refractivity contribution is 0.269. The average Bonchev–Trinajstić information content (AvgIpc) is 2.49. The van der Waals surface area contributed by atoms with Gasteiger partial charge < -0.3 is 5.11 Å². The molecule has 0 unspecified atom stereocenters. The molecule has 1 heterocycles. The zero-order chi connectivity index (χ0) is 12.4. The lowest BCUT2D eigenvalue weighted by Gasteiger charge is -2.19. The van der Waals surface area contributed by atoms with Crippen LogP contribution in [-0.2, 0) is 16.6 Å². The van der Waals surface area contributed by atoms with Gasteiger partial charge in [0.1, 0.15) is 4.90 Å². The van der Waals surface area contributed by atoms with E-state index in [-0.39, 0.29) is 18.0 Å². The lowest BCUT2D eigenvalue weighted by Crippen LogP contribution is -2.40. The van der Waals surface area contributed by atoms with Crippen LogP contribution in [0.15, 0.2) is 17.3 Å². The summed E-state index contributed by atoms with van der Waals surface area (Å²) < 4.78 is 27.6. The van der Waals surface area contributed by atoms with E-state index in [0.29, 0.717) is 0 Å². The van der Waals surface area contributed by atoms with E-state index >= 15 is 0 Å². The minimum atomic E-state index is -3.53. The van der Waals surface area contributed by atoms with E-state index in [4.69, 9.17) is 5.11 Å². The summed E-state index contributed by atoms with van der Waals surface area (Å²) in [6, 6.07) is 0. The van der Waals surface area contributed by atoms with E-state index in [2.05, 4.69) is 9.82 Å². The van der Waals surface area contributed by atoms with Gasteiger partial charge in [-0.3, -0.25) is 4.68 Å². The van der Waals surface area contributed by atoms with Crippen LogP contribution in [0, 0.1) is 0 Å². The highest BCUT2D eigenvalue weighted by Gasteiger charge is 2.23. The van der Waals surface area contributed by atoms with Crippen molar-refractivity contribution in [3.05, 3.63) is 12.4 Å². The van der Waals surface area contributed by atoms with Gasteiger partial charge in [-0.25, -0.2) is 13.1 Å². The van der Waals surface area contributed by atoms with E-state index in [1.165, 1.54) is 17.1 Å². The molecular formula is C9H17N3O3S. The Morgan fingerprint density at radius 2 is 2.12 bits per heavy atom. The summed E-state index contributed by atoms with van der Waals surface area (Å²) in [6.45, 7) is 5.51. The fourth-order valence-corrected chi connectivity index (χ4v) is 2.54. The smallest absolute Gasteiger partial charge is 0.244 e. The number of aromatic nitrogens is 2. The molecule has 0 aliphatic rings. The highest BCUT2D eigenvalue weighted by atomic mass is 32.2. The summed E-state index contributed by atoms with van der Waals surface area (Å²) in [6.07, 6.45) is 2.66. The molecule has 0 aliphatic heterocycles. The minimum Gasteiger partial charge on any atom is -0.394 e. The van der Waals surface area contributed by atoms with Crippen LogP contribution in [-0.4, -0.2) is 35.5 Å². The summed E-state index contributed by atoms with van der Waals surface area (Å²) in [5.74, 6) is 0. The van der Waals surface area contributed by atoms with Gasteiger partial charge in [-0.15, -0.1) is 0 Å². The Hall–Kier alpha value is -0.920. The monoisotopic (exact) mass is 247 g/mol. The van der Waals surface area contributed by atoms with Crippen LogP contribution in [0.2, 0.25) is 0 Å². The maximum absolute atomic E-state index is 11.8. The summed E-state index contributed by atoms with van der Waals surface area (Å²) in [4.78, 5) is 0.107. The largest absolute Gasteiger partial charge is 0.394 e. The van der Waals surface area contributed by atoms with Gasteiger partial charge in [-0.2, -0.15) is 5.10 Å². The van der Waals surface area contributed by atoms with Gasteiger partial charge in [0.25, 0.3) is 0 Å². The molecule has 1 aromatic rings. The molecule has 0 saturated heterocycles. The van der Waals surface area contributed by atoms with E-state index in [1.54, 1.807) is 20.8 Å². The second-order valence-electron chi connectivity index (χ2n) is 4.52.